The van der Waals surface area contributed by atoms with Crippen LogP contribution in [0.25, 0.3) is 11.3 Å². The summed E-state index contributed by atoms with van der Waals surface area (Å²) in [6.45, 7) is 6.59. The molecule has 0 amide bonds. The molecule has 8 heteroatoms. The molecular formula is C22H28F3N5. The maximum absolute atomic E-state index is 13.3. The standard InChI is InChI=1S/C22H28F3N5/c1-12(2)30-19(20-15-8-14(9-16(15)20)29-5-3-4-6-29)10-18(28-30)13-7-17(22(23,24)25)21(26)27-11-13/h7,10-12,14-16,20H,3-6,8-9H2,1-2H3,(H2,26,27)/t14-,15-,16+,20+. The van der Waals surface area contributed by atoms with Gasteiger partial charge in [-0.05, 0) is 76.6 Å². The number of aromatic nitrogens is 3. The lowest BCUT2D eigenvalue weighted by atomic mass is 10.0. The molecule has 4 atom stereocenters. The van der Waals surface area contributed by atoms with Crippen LogP contribution in [0.15, 0.2) is 18.3 Å². The van der Waals surface area contributed by atoms with Gasteiger partial charge in [-0.25, -0.2) is 4.98 Å². The van der Waals surface area contributed by atoms with Crippen molar-refractivity contribution in [3.8, 4) is 11.3 Å². The number of alkyl halides is 3. The fraction of sp³-hybridized carbons (Fsp3) is 0.636. The fourth-order valence-corrected chi connectivity index (χ4v) is 5.71. The molecule has 3 fully saturated rings. The van der Waals surface area contributed by atoms with Gasteiger partial charge >= 0.3 is 6.18 Å². The van der Waals surface area contributed by atoms with E-state index in [2.05, 4.69) is 28.8 Å². The number of nitrogens with zero attached hydrogens (tertiary/aromatic N) is 4. The van der Waals surface area contributed by atoms with Crippen molar-refractivity contribution in [2.45, 2.75) is 63.7 Å². The van der Waals surface area contributed by atoms with Crippen LogP contribution < -0.4 is 5.73 Å². The molecule has 1 aliphatic heterocycles. The number of rotatable bonds is 4. The maximum atomic E-state index is 13.3. The molecule has 0 unspecified atom stereocenters. The van der Waals surface area contributed by atoms with Crippen molar-refractivity contribution in [3.63, 3.8) is 0 Å². The number of likely N-dealkylation sites (tertiary alicyclic amines) is 1. The first-order chi connectivity index (χ1) is 14.2. The van der Waals surface area contributed by atoms with Gasteiger partial charge in [-0.15, -0.1) is 0 Å². The highest BCUT2D eigenvalue weighted by molar-refractivity contribution is 5.63. The van der Waals surface area contributed by atoms with E-state index in [1.807, 2.05) is 10.7 Å². The van der Waals surface area contributed by atoms with Crippen LogP contribution in [-0.2, 0) is 6.18 Å². The van der Waals surface area contributed by atoms with Crippen molar-refractivity contribution in [2.24, 2.45) is 11.8 Å². The molecule has 3 heterocycles. The van der Waals surface area contributed by atoms with Crippen LogP contribution in [0.1, 0.15) is 62.7 Å². The number of nitrogens with two attached hydrogens (primary N) is 1. The Morgan fingerprint density at radius 1 is 1.10 bits per heavy atom. The largest absolute Gasteiger partial charge is 0.419 e. The van der Waals surface area contributed by atoms with Crippen LogP contribution in [0, 0.1) is 11.8 Å². The van der Waals surface area contributed by atoms with Crippen LogP contribution in [0.3, 0.4) is 0 Å². The maximum Gasteiger partial charge on any atom is 0.419 e. The highest BCUT2D eigenvalue weighted by Crippen LogP contribution is 2.64. The molecular weight excluding hydrogens is 391 g/mol. The minimum absolute atomic E-state index is 0.147. The smallest absolute Gasteiger partial charge is 0.383 e. The van der Waals surface area contributed by atoms with Crippen LogP contribution in [0.5, 0.6) is 0 Å². The SMILES string of the molecule is CC(C)n1nc(-c2cnc(N)c(C(F)(F)F)c2)cc1[C@H]1[C@@H]2C[C@@H](N3CCCC3)C[C@@H]21. The molecule has 2 aliphatic carbocycles. The average Bonchev–Trinajstić information content (AvgIpc) is 3.20. The van der Waals surface area contributed by atoms with E-state index >= 15 is 0 Å². The Bertz CT molecular complexity index is 933. The number of anilines is 1. The molecule has 162 valence electrons. The van der Waals surface area contributed by atoms with Crippen molar-refractivity contribution in [1.29, 1.82) is 0 Å². The second-order valence-electron chi connectivity index (χ2n) is 9.37. The summed E-state index contributed by atoms with van der Waals surface area (Å²) in [5.74, 6) is 1.32. The number of fused-ring (bicyclic) bond motifs is 1. The number of halogens is 3. The van der Waals surface area contributed by atoms with Gasteiger partial charge in [0.25, 0.3) is 0 Å². The molecule has 1 saturated heterocycles. The summed E-state index contributed by atoms with van der Waals surface area (Å²) >= 11 is 0. The Kier molecular flexibility index (Phi) is 4.61. The van der Waals surface area contributed by atoms with Crippen molar-refractivity contribution >= 4 is 5.82 Å². The van der Waals surface area contributed by atoms with Crippen molar-refractivity contribution in [2.75, 3.05) is 18.8 Å². The Morgan fingerprint density at radius 2 is 1.77 bits per heavy atom. The first kappa shape index (κ1) is 19.8. The molecule has 2 aromatic heterocycles. The number of pyridine rings is 1. The van der Waals surface area contributed by atoms with E-state index in [0.717, 1.165) is 11.8 Å². The minimum Gasteiger partial charge on any atom is -0.383 e. The van der Waals surface area contributed by atoms with Gasteiger partial charge < -0.3 is 10.6 Å². The van der Waals surface area contributed by atoms with Crippen molar-refractivity contribution in [1.82, 2.24) is 19.7 Å². The highest BCUT2D eigenvalue weighted by Gasteiger charge is 2.58. The van der Waals surface area contributed by atoms with E-state index in [0.29, 0.717) is 35.1 Å². The van der Waals surface area contributed by atoms with Crippen LogP contribution in [0.4, 0.5) is 19.0 Å². The summed E-state index contributed by atoms with van der Waals surface area (Å²) in [5.41, 5.74) is 6.61. The first-order valence-corrected chi connectivity index (χ1v) is 10.9. The van der Waals surface area contributed by atoms with Crippen molar-refractivity contribution < 1.29 is 13.2 Å². The summed E-state index contributed by atoms with van der Waals surface area (Å²) in [6, 6.07) is 3.90. The van der Waals surface area contributed by atoms with Gasteiger partial charge in [-0.3, -0.25) is 4.68 Å². The van der Waals surface area contributed by atoms with Crippen LogP contribution in [0.2, 0.25) is 0 Å². The fourth-order valence-electron chi connectivity index (χ4n) is 5.71. The van der Waals surface area contributed by atoms with Crippen LogP contribution in [-0.4, -0.2) is 38.8 Å². The average molecular weight is 419 g/mol. The Morgan fingerprint density at radius 3 is 2.37 bits per heavy atom. The molecule has 3 aliphatic rings. The third-order valence-corrected chi connectivity index (χ3v) is 7.19. The molecule has 2 aromatic rings. The van der Waals surface area contributed by atoms with E-state index in [1.165, 1.54) is 45.0 Å². The summed E-state index contributed by atoms with van der Waals surface area (Å²) in [6.07, 6.45) is 1.95. The van der Waals surface area contributed by atoms with Crippen LogP contribution >= 0.6 is 0 Å². The zero-order chi connectivity index (χ0) is 21.2. The van der Waals surface area contributed by atoms with E-state index in [9.17, 15) is 13.2 Å². The summed E-state index contributed by atoms with van der Waals surface area (Å²) < 4.78 is 41.8. The monoisotopic (exact) mass is 419 g/mol. The molecule has 2 saturated carbocycles. The molecule has 0 spiro atoms. The lowest BCUT2D eigenvalue weighted by molar-refractivity contribution is -0.137. The lowest BCUT2D eigenvalue weighted by Crippen LogP contribution is -2.31. The van der Waals surface area contributed by atoms with E-state index in [1.54, 1.807) is 0 Å². The predicted molar refractivity (Wildman–Crippen MR) is 109 cm³/mol. The lowest BCUT2D eigenvalue weighted by Gasteiger charge is -2.25. The highest BCUT2D eigenvalue weighted by atomic mass is 19.4. The molecule has 0 bridgehead atoms. The third-order valence-electron chi connectivity index (χ3n) is 7.19. The quantitative estimate of drug-likeness (QED) is 0.779. The summed E-state index contributed by atoms with van der Waals surface area (Å²) in [5, 5.41) is 4.68. The molecule has 0 aromatic carbocycles. The van der Waals surface area contributed by atoms with E-state index in [4.69, 9.17) is 5.73 Å². The zero-order valence-electron chi connectivity index (χ0n) is 17.4. The van der Waals surface area contributed by atoms with Gasteiger partial charge in [-0.2, -0.15) is 18.3 Å². The Labute approximate surface area is 174 Å². The minimum atomic E-state index is -4.53. The number of nitrogen functional groups attached to an aromatic ring is 1. The molecule has 0 radical (unpaired) electrons. The predicted octanol–water partition coefficient (Wildman–Crippen LogP) is 4.71. The molecule has 30 heavy (non-hydrogen) atoms. The van der Waals surface area contributed by atoms with Gasteiger partial charge in [0.2, 0.25) is 0 Å². The molecule has 5 nitrogen and oxygen atoms in total. The first-order valence-electron chi connectivity index (χ1n) is 10.9. The van der Waals surface area contributed by atoms with Gasteiger partial charge in [0.1, 0.15) is 5.82 Å². The topological polar surface area (TPSA) is 60.0 Å². The molecule has 2 N–H and O–H groups in total. The molecule has 5 rings (SSSR count). The van der Waals surface area contributed by atoms with E-state index < -0.39 is 17.6 Å². The second-order valence-corrected chi connectivity index (χ2v) is 9.37. The van der Waals surface area contributed by atoms with Gasteiger partial charge in [0.15, 0.2) is 0 Å². The zero-order valence-corrected chi connectivity index (χ0v) is 17.4. The Balaban J connectivity index is 1.41. The van der Waals surface area contributed by atoms with Gasteiger partial charge in [-0.1, -0.05) is 0 Å². The third kappa shape index (κ3) is 3.29. The van der Waals surface area contributed by atoms with Gasteiger partial charge in [0.05, 0.1) is 11.3 Å². The number of hydrogen-bond acceptors (Lipinski definition) is 4. The van der Waals surface area contributed by atoms with E-state index in [-0.39, 0.29) is 6.04 Å². The number of hydrogen-bond donors (Lipinski definition) is 1. The summed E-state index contributed by atoms with van der Waals surface area (Å²) in [7, 11) is 0. The Hall–Kier alpha value is -2.09. The normalized spacial score (nSPS) is 29.0. The van der Waals surface area contributed by atoms with Gasteiger partial charge in [0, 0.05) is 35.5 Å². The second kappa shape index (κ2) is 6.97. The summed E-state index contributed by atoms with van der Waals surface area (Å²) in [4.78, 5) is 6.43. The van der Waals surface area contributed by atoms with Crippen molar-refractivity contribution in [3.05, 3.63) is 29.6 Å².